The molecule has 2 aromatic carbocycles. The van der Waals surface area contributed by atoms with Crippen molar-refractivity contribution in [1.29, 1.82) is 0 Å². The van der Waals surface area contributed by atoms with Crippen molar-refractivity contribution in [2.75, 3.05) is 0 Å². The van der Waals surface area contributed by atoms with E-state index in [-0.39, 0.29) is 4.90 Å². The van der Waals surface area contributed by atoms with Crippen molar-refractivity contribution in [3.8, 4) is 5.75 Å². The van der Waals surface area contributed by atoms with Gasteiger partial charge in [0.15, 0.2) is 0 Å². The first kappa shape index (κ1) is 16.8. The fourth-order valence-corrected chi connectivity index (χ4v) is 4.12. The SMILES string of the molecule is NS(=O)(=O)c1cc(Br)c(OCc2cccc(Cl)c2)c(Br)c1. The molecular formula is C13H10Br2ClNO3S. The molecule has 8 heteroatoms. The zero-order chi connectivity index (χ0) is 15.6. The van der Waals surface area contributed by atoms with Crippen molar-refractivity contribution in [2.45, 2.75) is 11.5 Å². The van der Waals surface area contributed by atoms with E-state index in [1.54, 1.807) is 12.1 Å². The summed E-state index contributed by atoms with van der Waals surface area (Å²) in [5, 5.41) is 5.73. The number of rotatable bonds is 4. The molecule has 2 aromatic rings. The fraction of sp³-hybridized carbons (Fsp3) is 0.0769. The maximum absolute atomic E-state index is 11.3. The Morgan fingerprint density at radius 1 is 1.14 bits per heavy atom. The molecule has 0 amide bonds. The zero-order valence-electron chi connectivity index (χ0n) is 10.5. The van der Waals surface area contributed by atoms with Crippen LogP contribution >= 0.6 is 43.5 Å². The van der Waals surface area contributed by atoms with E-state index in [9.17, 15) is 8.42 Å². The Labute approximate surface area is 144 Å². The molecule has 0 aromatic heterocycles. The second kappa shape index (κ2) is 6.66. The predicted octanol–water partition coefficient (Wildman–Crippen LogP) is 4.09. The minimum absolute atomic E-state index is 0.00337. The lowest BCUT2D eigenvalue weighted by atomic mass is 10.2. The number of nitrogens with two attached hydrogens (primary N) is 1. The van der Waals surface area contributed by atoms with E-state index in [0.29, 0.717) is 26.3 Å². The fourth-order valence-electron chi connectivity index (χ4n) is 1.62. The van der Waals surface area contributed by atoms with Gasteiger partial charge in [-0.1, -0.05) is 23.7 Å². The number of benzene rings is 2. The minimum Gasteiger partial charge on any atom is -0.487 e. The smallest absolute Gasteiger partial charge is 0.238 e. The normalized spacial score (nSPS) is 11.4. The van der Waals surface area contributed by atoms with Gasteiger partial charge in [-0.2, -0.15) is 0 Å². The molecule has 0 spiro atoms. The summed E-state index contributed by atoms with van der Waals surface area (Å²) in [5.74, 6) is 0.488. The van der Waals surface area contributed by atoms with Gasteiger partial charge in [0, 0.05) is 5.02 Å². The molecule has 2 rings (SSSR count). The zero-order valence-corrected chi connectivity index (χ0v) is 15.3. The lowest BCUT2D eigenvalue weighted by Gasteiger charge is -2.12. The average molecular weight is 456 g/mol. The average Bonchev–Trinajstić information content (AvgIpc) is 2.36. The van der Waals surface area contributed by atoms with Crippen LogP contribution in [-0.4, -0.2) is 8.42 Å². The van der Waals surface area contributed by atoms with Gasteiger partial charge < -0.3 is 4.74 Å². The van der Waals surface area contributed by atoms with Gasteiger partial charge in [0.25, 0.3) is 0 Å². The highest BCUT2D eigenvalue weighted by atomic mass is 79.9. The highest BCUT2D eigenvalue weighted by molar-refractivity contribution is 9.11. The van der Waals surface area contributed by atoms with Crippen LogP contribution in [0.5, 0.6) is 5.75 Å². The molecule has 4 nitrogen and oxygen atoms in total. The van der Waals surface area contributed by atoms with Crippen LogP contribution in [0.25, 0.3) is 0 Å². The van der Waals surface area contributed by atoms with Gasteiger partial charge in [-0.15, -0.1) is 0 Å². The van der Waals surface area contributed by atoms with Crippen molar-refractivity contribution in [3.63, 3.8) is 0 Å². The number of halogens is 3. The maximum Gasteiger partial charge on any atom is 0.238 e. The molecule has 112 valence electrons. The van der Waals surface area contributed by atoms with E-state index in [4.69, 9.17) is 21.5 Å². The summed E-state index contributed by atoms with van der Waals surface area (Å²) in [6.07, 6.45) is 0. The van der Waals surface area contributed by atoms with Crippen molar-refractivity contribution < 1.29 is 13.2 Å². The summed E-state index contributed by atoms with van der Waals surface area (Å²) in [6, 6.07) is 10.1. The molecule has 0 aliphatic carbocycles. The van der Waals surface area contributed by atoms with Crippen LogP contribution in [0.3, 0.4) is 0 Å². The van der Waals surface area contributed by atoms with Crippen molar-refractivity contribution in [2.24, 2.45) is 5.14 Å². The van der Waals surface area contributed by atoms with E-state index < -0.39 is 10.0 Å². The van der Waals surface area contributed by atoms with Crippen LogP contribution in [0, 0.1) is 0 Å². The van der Waals surface area contributed by atoms with E-state index in [2.05, 4.69) is 31.9 Å². The van der Waals surface area contributed by atoms with Crippen LogP contribution in [0.4, 0.5) is 0 Å². The van der Waals surface area contributed by atoms with Crippen molar-refractivity contribution >= 4 is 53.5 Å². The quantitative estimate of drug-likeness (QED) is 0.755. The number of hydrogen-bond donors (Lipinski definition) is 1. The summed E-state index contributed by atoms with van der Waals surface area (Å²) in [7, 11) is -3.77. The van der Waals surface area contributed by atoms with E-state index >= 15 is 0 Å². The molecule has 0 saturated carbocycles. The summed E-state index contributed by atoms with van der Waals surface area (Å²) in [4.78, 5) is -0.00337. The third-order valence-corrected chi connectivity index (χ3v) is 4.88. The second-order valence-corrected chi connectivity index (χ2v) is 7.89. The Morgan fingerprint density at radius 3 is 2.29 bits per heavy atom. The summed E-state index contributed by atoms with van der Waals surface area (Å²) < 4.78 is 29.4. The Balaban J connectivity index is 2.25. The van der Waals surface area contributed by atoms with Crippen LogP contribution in [0.1, 0.15) is 5.56 Å². The lowest BCUT2D eigenvalue weighted by molar-refractivity contribution is 0.302. The number of hydrogen-bond acceptors (Lipinski definition) is 3. The maximum atomic E-state index is 11.3. The standard InChI is InChI=1S/C13H10Br2ClNO3S/c14-11-5-10(21(17,18)19)6-12(15)13(11)20-7-8-2-1-3-9(16)4-8/h1-6H,7H2,(H2,17,18,19). The lowest BCUT2D eigenvalue weighted by Crippen LogP contribution is -2.12. The molecule has 0 saturated heterocycles. The molecule has 0 radical (unpaired) electrons. The Morgan fingerprint density at radius 2 is 1.76 bits per heavy atom. The first-order valence-electron chi connectivity index (χ1n) is 5.66. The molecule has 0 aliphatic rings. The van der Waals surface area contributed by atoms with Gasteiger partial charge in [-0.3, -0.25) is 0 Å². The van der Waals surface area contributed by atoms with Gasteiger partial charge in [-0.05, 0) is 61.7 Å². The van der Waals surface area contributed by atoms with Crippen LogP contribution < -0.4 is 9.88 Å². The molecule has 0 atom stereocenters. The number of primary sulfonamides is 1. The van der Waals surface area contributed by atoms with Crippen LogP contribution in [0.2, 0.25) is 5.02 Å². The summed E-state index contributed by atoms with van der Waals surface area (Å²) in [5.41, 5.74) is 0.900. The monoisotopic (exact) mass is 453 g/mol. The Hall–Kier alpha value is -0.600. The van der Waals surface area contributed by atoms with Crippen LogP contribution in [0.15, 0.2) is 50.2 Å². The van der Waals surface area contributed by atoms with Gasteiger partial charge in [0.2, 0.25) is 10.0 Å². The van der Waals surface area contributed by atoms with E-state index in [1.807, 2.05) is 12.1 Å². The van der Waals surface area contributed by atoms with Gasteiger partial charge >= 0.3 is 0 Å². The van der Waals surface area contributed by atoms with E-state index in [1.165, 1.54) is 12.1 Å². The first-order valence-corrected chi connectivity index (χ1v) is 9.17. The predicted molar refractivity (Wildman–Crippen MR) is 89.0 cm³/mol. The molecule has 0 bridgehead atoms. The number of sulfonamides is 1. The highest BCUT2D eigenvalue weighted by Gasteiger charge is 2.15. The van der Waals surface area contributed by atoms with Gasteiger partial charge in [0.05, 0.1) is 13.8 Å². The number of ether oxygens (including phenoxy) is 1. The van der Waals surface area contributed by atoms with Crippen molar-refractivity contribution in [3.05, 3.63) is 55.9 Å². The Kier molecular flexibility index (Phi) is 5.32. The van der Waals surface area contributed by atoms with Crippen molar-refractivity contribution in [1.82, 2.24) is 0 Å². The van der Waals surface area contributed by atoms with E-state index in [0.717, 1.165) is 5.56 Å². The largest absolute Gasteiger partial charge is 0.487 e. The van der Waals surface area contributed by atoms with Crippen LogP contribution in [-0.2, 0) is 16.6 Å². The second-order valence-electron chi connectivity index (χ2n) is 4.18. The molecule has 0 fully saturated rings. The first-order chi connectivity index (χ1) is 9.77. The Bertz CT molecular complexity index is 758. The van der Waals surface area contributed by atoms with Gasteiger partial charge in [0.1, 0.15) is 12.4 Å². The summed E-state index contributed by atoms with van der Waals surface area (Å²) in [6.45, 7) is 0.298. The molecule has 0 aliphatic heterocycles. The minimum atomic E-state index is -3.77. The third kappa shape index (κ3) is 4.43. The highest BCUT2D eigenvalue weighted by Crippen LogP contribution is 2.36. The third-order valence-electron chi connectivity index (χ3n) is 2.57. The molecule has 0 heterocycles. The molecule has 21 heavy (non-hydrogen) atoms. The topological polar surface area (TPSA) is 69.4 Å². The van der Waals surface area contributed by atoms with Gasteiger partial charge in [-0.25, -0.2) is 13.6 Å². The molecule has 2 N–H and O–H groups in total. The summed E-state index contributed by atoms with van der Waals surface area (Å²) >= 11 is 12.5. The molecule has 0 unspecified atom stereocenters. The molecular weight excluding hydrogens is 445 g/mol.